The van der Waals surface area contributed by atoms with E-state index in [2.05, 4.69) is 16.9 Å². The van der Waals surface area contributed by atoms with E-state index < -0.39 is 10.0 Å². The zero-order chi connectivity index (χ0) is 22.2. The summed E-state index contributed by atoms with van der Waals surface area (Å²) < 4.78 is 27.1. The van der Waals surface area contributed by atoms with Gasteiger partial charge in [0, 0.05) is 36.4 Å². The van der Waals surface area contributed by atoms with E-state index in [9.17, 15) is 13.2 Å². The van der Waals surface area contributed by atoms with Crippen molar-refractivity contribution in [1.82, 2.24) is 19.2 Å². The minimum atomic E-state index is -3.68. The van der Waals surface area contributed by atoms with E-state index in [1.165, 1.54) is 33.3 Å². The molecule has 11 heteroatoms. The normalized spacial score (nSPS) is 15.5. The molecular weight excluding hydrogens is 476 g/mol. The summed E-state index contributed by atoms with van der Waals surface area (Å²) in [5, 5.41) is 2.02. The van der Waals surface area contributed by atoms with Gasteiger partial charge in [-0.2, -0.15) is 4.31 Å². The molecule has 0 saturated carbocycles. The molecule has 4 rings (SSSR count). The summed E-state index contributed by atoms with van der Waals surface area (Å²) in [6.07, 6.45) is 1.53. The van der Waals surface area contributed by atoms with Gasteiger partial charge in [-0.15, -0.1) is 11.3 Å². The molecule has 0 radical (unpaired) electrons. The predicted octanol–water partition coefficient (Wildman–Crippen LogP) is 3.59. The Bertz CT molecular complexity index is 1240. The fraction of sp³-hybridized carbons (Fsp3) is 0.350. The number of thiophene rings is 1. The van der Waals surface area contributed by atoms with Crippen LogP contribution in [0, 0.1) is 13.8 Å². The molecule has 1 fully saturated rings. The minimum absolute atomic E-state index is 0.0313. The van der Waals surface area contributed by atoms with Gasteiger partial charge in [0.25, 0.3) is 0 Å². The molecule has 1 aliphatic heterocycles. The first-order chi connectivity index (χ1) is 14.8. The third-order valence-corrected chi connectivity index (χ3v) is 9.80. The molecule has 1 aliphatic rings. The van der Waals surface area contributed by atoms with Gasteiger partial charge in [-0.1, -0.05) is 35.5 Å². The van der Waals surface area contributed by atoms with Gasteiger partial charge in [0.1, 0.15) is 21.1 Å². The van der Waals surface area contributed by atoms with E-state index in [0.717, 1.165) is 20.8 Å². The van der Waals surface area contributed by atoms with Crippen LogP contribution >= 0.6 is 34.7 Å². The van der Waals surface area contributed by atoms with Crippen molar-refractivity contribution in [3.05, 3.63) is 46.1 Å². The Labute approximate surface area is 194 Å². The summed E-state index contributed by atoms with van der Waals surface area (Å²) in [4.78, 5) is 25.4. The van der Waals surface area contributed by atoms with Crippen LogP contribution in [-0.2, 0) is 14.8 Å². The molecule has 0 spiro atoms. The second-order valence-electron chi connectivity index (χ2n) is 7.15. The topological polar surface area (TPSA) is 83.5 Å². The largest absolute Gasteiger partial charge is 0.339 e. The van der Waals surface area contributed by atoms with Gasteiger partial charge in [0.05, 0.1) is 10.8 Å². The highest BCUT2D eigenvalue weighted by molar-refractivity contribution is 8.00. The molecule has 0 atom stereocenters. The summed E-state index contributed by atoms with van der Waals surface area (Å²) >= 11 is 9.10. The van der Waals surface area contributed by atoms with Gasteiger partial charge in [0.15, 0.2) is 0 Å². The minimum Gasteiger partial charge on any atom is -0.339 e. The molecule has 31 heavy (non-hydrogen) atoms. The number of halogens is 1. The summed E-state index contributed by atoms with van der Waals surface area (Å²) in [7, 11) is -3.68. The number of aryl methyl sites for hydroxylation is 2. The summed E-state index contributed by atoms with van der Waals surface area (Å²) in [6.45, 7) is 5.27. The Balaban J connectivity index is 1.39. The lowest BCUT2D eigenvalue weighted by Gasteiger charge is -2.34. The third-order valence-electron chi connectivity index (χ3n) is 5.31. The highest BCUT2D eigenvalue weighted by Gasteiger charge is 2.31. The van der Waals surface area contributed by atoms with Crippen molar-refractivity contribution in [1.29, 1.82) is 0 Å². The number of sulfonamides is 1. The van der Waals surface area contributed by atoms with E-state index in [-0.39, 0.29) is 34.7 Å². The van der Waals surface area contributed by atoms with Crippen LogP contribution in [0.1, 0.15) is 10.4 Å². The zero-order valence-corrected chi connectivity index (χ0v) is 20.2. The number of thioether (sulfide) groups is 1. The van der Waals surface area contributed by atoms with E-state index >= 15 is 0 Å². The number of piperazine rings is 1. The van der Waals surface area contributed by atoms with Crippen molar-refractivity contribution in [2.24, 2.45) is 0 Å². The first-order valence-corrected chi connectivity index (χ1v) is 13.3. The summed E-state index contributed by atoms with van der Waals surface area (Å²) in [6, 6.07) is 6.41. The quantitative estimate of drug-likeness (QED) is 0.396. The second-order valence-corrected chi connectivity index (χ2v) is 11.6. The Kier molecular flexibility index (Phi) is 6.55. The monoisotopic (exact) mass is 496 g/mol. The van der Waals surface area contributed by atoms with Crippen molar-refractivity contribution in [2.75, 3.05) is 31.9 Å². The number of hydrogen-bond donors (Lipinski definition) is 0. The van der Waals surface area contributed by atoms with Gasteiger partial charge >= 0.3 is 0 Å². The van der Waals surface area contributed by atoms with Crippen LogP contribution in [0.4, 0.5) is 0 Å². The number of hydrogen-bond acceptors (Lipinski definition) is 7. The molecule has 3 aromatic rings. The Morgan fingerprint density at radius 3 is 2.58 bits per heavy atom. The number of carbonyl (C=O) groups excluding carboxylic acids is 1. The van der Waals surface area contributed by atoms with Crippen LogP contribution < -0.4 is 0 Å². The van der Waals surface area contributed by atoms with Crippen molar-refractivity contribution in [2.45, 2.75) is 23.8 Å². The lowest BCUT2D eigenvalue weighted by atomic mass is 10.2. The smallest absolute Gasteiger partial charge is 0.244 e. The van der Waals surface area contributed by atoms with E-state index in [1.807, 2.05) is 6.92 Å². The van der Waals surface area contributed by atoms with Gasteiger partial charge in [-0.3, -0.25) is 4.79 Å². The van der Waals surface area contributed by atoms with Gasteiger partial charge in [-0.25, -0.2) is 18.4 Å². The maximum absolute atomic E-state index is 12.9. The van der Waals surface area contributed by atoms with Crippen LogP contribution in [0.5, 0.6) is 0 Å². The van der Waals surface area contributed by atoms with Gasteiger partial charge in [-0.05, 0) is 31.5 Å². The number of carbonyl (C=O) groups is 1. The molecular formula is C20H21ClN4O3S3. The summed E-state index contributed by atoms with van der Waals surface area (Å²) in [5.41, 5.74) is 1.15. The van der Waals surface area contributed by atoms with E-state index in [1.54, 1.807) is 34.4 Å². The molecule has 164 valence electrons. The number of benzene rings is 1. The molecule has 7 nitrogen and oxygen atoms in total. The van der Waals surface area contributed by atoms with Crippen molar-refractivity contribution >= 4 is 60.8 Å². The number of fused-ring (bicyclic) bond motifs is 1. The van der Waals surface area contributed by atoms with Crippen molar-refractivity contribution in [3.8, 4) is 0 Å². The number of rotatable bonds is 5. The third kappa shape index (κ3) is 4.45. The fourth-order valence-electron chi connectivity index (χ4n) is 3.45. The highest BCUT2D eigenvalue weighted by atomic mass is 35.5. The van der Waals surface area contributed by atoms with Crippen LogP contribution in [0.25, 0.3) is 10.2 Å². The number of aromatic nitrogens is 2. The summed E-state index contributed by atoms with van der Waals surface area (Å²) in [5.74, 6) is 0.216. The maximum atomic E-state index is 12.9. The standard InChI is InChI=1S/C20H21ClN4O3S3/c1-13-14(2)30-20-18(13)19(22-12-23-20)29-11-17(26)24-7-9-25(10-8-24)31(27,28)16-6-4-3-5-15(16)21/h3-6,12H,7-11H2,1-2H3. The first kappa shape index (κ1) is 22.5. The molecule has 0 bridgehead atoms. The molecule has 2 aromatic heterocycles. The average molecular weight is 497 g/mol. The number of nitrogens with zero attached hydrogens (tertiary/aromatic N) is 4. The van der Waals surface area contributed by atoms with Crippen LogP contribution in [0.3, 0.4) is 0 Å². The second kappa shape index (κ2) is 9.03. The zero-order valence-electron chi connectivity index (χ0n) is 17.0. The van der Waals surface area contributed by atoms with Crippen molar-refractivity contribution < 1.29 is 13.2 Å². The van der Waals surface area contributed by atoms with Crippen molar-refractivity contribution in [3.63, 3.8) is 0 Å². The highest BCUT2D eigenvalue weighted by Crippen LogP contribution is 2.34. The number of amides is 1. The molecule has 0 N–H and O–H groups in total. The van der Waals surface area contributed by atoms with E-state index in [4.69, 9.17) is 11.6 Å². The predicted molar refractivity (Wildman–Crippen MR) is 124 cm³/mol. The molecule has 1 saturated heterocycles. The fourth-order valence-corrected chi connectivity index (χ4v) is 7.39. The lowest BCUT2D eigenvalue weighted by molar-refractivity contribution is -0.129. The van der Waals surface area contributed by atoms with Gasteiger partial charge in [0.2, 0.25) is 15.9 Å². The Morgan fingerprint density at radius 1 is 1.16 bits per heavy atom. The SMILES string of the molecule is Cc1sc2ncnc(SCC(=O)N3CCN(S(=O)(=O)c4ccccc4Cl)CC3)c2c1C. The van der Waals surface area contributed by atoms with Crippen LogP contribution in [-0.4, -0.2) is 65.4 Å². The average Bonchev–Trinajstić information content (AvgIpc) is 3.06. The van der Waals surface area contributed by atoms with E-state index in [0.29, 0.717) is 13.1 Å². The lowest BCUT2D eigenvalue weighted by Crippen LogP contribution is -2.51. The van der Waals surface area contributed by atoms with Crippen LogP contribution in [0.15, 0.2) is 40.5 Å². The first-order valence-electron chi connectivity index (χ1n) is 9.65. The molecule has 3 heterocycles. The Morgan fingerprint density at radius 2 is 1.87 bits per heavy atom. The molecule has 1 amide bonds. The maximum Gasteiger partial charge on any atom is 0.244 e. The molecule has 0 unspecified atom stereocenters. The Hall–Kier alpha value is -1.72. The van der Waals surface area contributed by atoms with Gasteiger partial charge < -0.3 is 4.90 Å². The molecule has 0 aliphatic carbocycles. The molecule has 1 aromatic carbocycles. The van der Waals surface area contributed by atoms with Crippen LogP contribution in [0.2, 0.25) is 5.02 Å².